The molecule has 0 spiro atoms. The fourth-order valence-electron chi connectivity index (χ4n) is 4.70. The van der Waals surface area contributed by atoms with E-state index in [-0.39, 0.29) is 23.0 Å². The van der Waals surface area contributed by atoms with Crippen molar-refractivity contribution in [1.82, 2.24) is 4.90 Å². The van der Waals surface area contributed by atoms with Crippen LogP contribution in [0.25, 0.3) is 0 Å². The zero-order valence-corrected chi connectivity index (χ0v) is 15.8. The van der Waals surface area contributed by atoms with E-state index in [1.54, 1.807) is 14.2 Å². The molecule has 1 aliphatic carbocycles. The van der Waals surface area contributed by atoms with E-state index >= 15 is 0 Å². The summed E-state index contributed by atoms with van der Waals surface area (Å²) in [4.78, 5) is 27.7. The van der Waals surface area contributed by atoms with E-state index in [0.717, 1.165) is 36.4 Å². The number of rotatable bonds is 2. The number of nitrogens with zero attached hydrogens (tertiary/aromatic N) is 1. The minimum Gasteiger partial charge on any atom is -0.493 e. The molecule has 0 amide bonds. The van der Waals surface area contributed by atoms with Gasteiger partial charge in [0, 0.05) is 25.1 Å². The molecule has 0 aromatic heterocycles. The van der Waals surface area contributed by atoms with E-state index in [4.69, 9.17) is 9.47 Å². The number of carbonyl (C=O) groups excluding carboxylic acids is 2. The Hall–Kier alpha value is -2.30. The van der Waals surface area contributed by atoms with Crippen LogP contribution in [0.4, 0.5) is 0 Å². The van der Waals surface area contributed by atoms with E-state index in [0.29, 0.717) is 24.2 Å². The Morgan fingerprint density at radius 1 is 1.04 bits per heavy atom. The van der Waals surface area contributed by atoms with Gasteiger partial charge in [0.05, 0.1) is 25.8 Å². The molecule has 0 saturated carbocycles. The number of hydrogen-bond acceptors (Lipinski definition) is 5. The summed E-state index contributed by atoms with van der Waals surface area (Å²) in [5.74, 6) is 1.40. The minimum atomic E-state index is -0.101. The predicted molar refractivity (Wildman–Crippen MR) is 97.4 cm³/mol. The smallest absolute Gasteiger partial charge is 0.170 e. The number of ketones is 2. The average molecular weight is 355 g/mol. The number of allylic oxidation sites excluding steroid dienone is 2. The molecular formula is C21H25NO4. The van der Waals surface area contributed by atoms with Gasteiger partial charge in [-0.1, -0.05) is 13.8 Å². The molecule has 0 saturated heterocycles. The van der Waals surface area contributed by atoms with Crippen LogP contribution in [0.1, 0.15) is 50.3 Å². The minimum absolute atomic E-state index is 0.00983. The summed E-state index contributed by atoms with van der Waals surface area (Å²) in [5, 5.41) is 0. The topological polar surface area (TPSA) is 55.8 Å². The fourth-order valence-corrected chi connectivity index (χ4v) is 4.70. The van der Waals surface area contributed by atoms with Crippen LogP contribution < -0.4 is 9.47 Å². The Kier molecular flexibility index (Phi) is 3.86. The van der Waals surface area contributed by atoms with Gasteiger partial charge in [-0.2, -0.15) is 0 Å². The number of hydrogen-bond donors (Lipinski definition) is 0. The Labute approximate surface area is 154 Å². The zero-order chi connectivity index (χ0) is 18.6. The van der Waals surface area contributed by atoms with Crippen LogP contribution in [0.15, 0.2) is 23.4 Å². The molecule has 0 fully saturated rings. The second-order valence-electron chi connectivity index (χ2n) is 8.26. The van der Waals surface area contributed by atoms with Gasteiger partial charge in [0.2, 0.25) is 0 Å². The number of methoxy groups -OCH3 is 2. The van der Waals surface area contributed by atoms with E-state index in [2.05, 4.69) is 18.7 Å². The third-order valence-corrected chi connectivity index (χ3v) is 5.86. The highest BCUT2D eigenvalue weighted by Crippen LogP contribution is 2.48. The summed E-state index contributed by atoms with van der Waals surface area (Å²) >= 11 is 0. The van der Waals surface area contributed by atoms with Gasteiger partial charge in [-0.25, -0.2) is 0 Å². The van der Waals surface area contributed by atoms with Crippen molar-refractivity contribution in [3.8, 4) is 11.5 Å². The molecule has 4 rings (SSSR count). The van der Waals surface area contributed by atoms with Gasteiger partial charge in [-0.05, 0) is 41.5 Å². The quantitative estimate of drug-likeness (QED) is 0.763. The molecule has 5 heteroatoms. The first-order chi connectivity index (χ1) is 12.3. The Bertz CT molecular complexity index is 837. The maximum Gasteiger partial charge on any atom is 0.170 e. The maximum atomic E-state index is 12.8. The highest BCUT2D eigenvalue weighted by molar-refractivity contribution is 6.22. The second-order valence-corrected chi connectivity index (χ2v) is 8.26. The molecule has 3 aliphatic rings. The first kappa shape index (κ1) is 17.1. The molecule has 0 N–H and O–H groups in total. The Balaban J connectivity index is 1.81. The number of ether oxygens (including phenoxy) is 2. The maximum absolute atomic E-state index is 12.8. The van der Waals surface area contributed by atoms with Crippen molar-refractivity contribution in [2.75, 3.05) is 20.8 Å². The average Bonchev–Trinajstić information content (AvgIpc) is 2.58. The van der Waals surface area contributed by atoms with E-state index in [1.165, 1.54) is 5.56 Å². The number of carbonyl (C=O) groups is 2. The molecule has 1 aromatic carbocycles. The van der Waals surface area contributed by atoms with Crippen LogP contribution in [-0.2, 0) is 16.0 Å². The summed E-state index contributed by atoms with van der Waals surface area (Å²) in [5.41, 5.74) is 3.62. The van der Waals surface area contributed by atoms with Crippen molar-refractivity contribution in [3.63, 3.8) is 0 Å². The Morgan fingerprint density at radius 3 is 2.42 bits per heavy atom. The lowest BCUT2D eigenvalue weighted by molar-refractivity contribution is -0.125. The Morgan fingerprint density at radius 2 is 1.73 bits per heavy atom. The molecule has 2 heterocycles. The summed E-state index contributed by atoms with van der Waals surface area (Å²) in [6.45, 7) is 5.03. The monoisotopic (exact) mass is 355 g/mol. The third kappa shape index (κ3) is 2.52. The lowest BCUT2D eigenvalue weighted by Crippen LogP contribution is -2.45. The van der Waals surface area contributed by atoms with Gasteiger partial charge in [-0.15, -0.1) is 0 Å². The van der Waals surface area contributed by atoms with Crippen LogP contribution in [-0.4, -0.2) is 37.2 Å². The van der Waals surface area contributed by atoms with Gasteiger partial charge in [0.1, 0.15) is 0 Å². The van der Waals surface area contributed by atoms with Crippen molar-refractivity contribution < 1.29 is 19.1 Å². The normalized spacial score (nSPS) is 24.0. The molecular weight excluding hydrogens is 330 g/mol. The van der Waals surface area contributed by atoms with Crippen molar-refractivity contribution >= 4 is 11.6 Å². The molecule has 1 aromatic rings. The molecule has 1 atom stereocenters. The van der Waals surface area contributed by atoms with Gasteiger partial charge < -0.3 is 14.4 Å². The molecule has 0 radical (unpaired) electrons. The zero-order valence-electron chi connectivity index (χ0n) is 15.8. The van der Waals surface area contributed by atoms with Crippen LogP contribution in [0.2, 0.25) is 0 Å². The molecule has 0 unspecified atom stereocenters. The van der Waals surface area contributed by atoms with E-state index in [1.807, 2.05) is 12.1 Å². The molecule has 0 bridgehead atoms. The van der Waals surface area contributed by atoms with Crippen molar-refractivity contribution in [1.29, 1.82) is 0 Å². The van der Waals surface area contributed by atoms with E-state index < -0.39 is 0 Å². The van der Waals surface area contributed by atoms with Gasteiger partial charge in [0.15, 0.2) is 23.1 Å². The molecule has 26 heavy (non-hydrogen) atoms. The highest BCUT2D eigenvalue weighted by Gasteiger charge is 2.45. The molecule has 138 valence electrons. The first-order valence-corrected chi connectivity index (χ1v) is 9.15. The van der Waals surface area contributed by atoms with Gasteiger partial charge in [0.25, 0.3) is 0 Å². The van der Waals surface area contributed by atoms with Crippen molar-refractivity contribution in [2.45, 2.75) is 45.6 Å². The predicted octanol–water partition coefficient (Wildman–Crippen LogP) is 3.22. The SMILES string of the molecule is COc1cc2c(cc1OC)[C@H]1CC(=O)C3=C(CC(C)(C)CC3=O)N1CC2. The van der Waals surface area contributed by atoms with Crippen LogP contribution in [0, 0.1) is 5.41 Å². The summed E-state index contributed by atoms with van der Waals surface area (Å²) < 4.78 is 10.9. The summed E-state index contributed by atoms with van der Waals surface area (Å²) in [7, 11) is 3.26. The van der Waals surface area contributed by atoms with Crippen LogP contribution >= 0.6 is 0 Å². The molecule has 2 aliphatic heterocycles. The second kappa shape index (κ2) is 5.86. The standard InChI is InChI=1S/C21H25NO4/c1-21(2)10-15-20(17(24)11-21)16(23)9-14-13-8-19(26-4)18(25-3)7-12(13)5-6-22(14)15/h7-8,14H,5-6,9-11H2,1-4H3/t14-/m1/s1. The highest BCUT2D eigenvalue weighted by atomic mass is 16.5. The number of benzene rings is 1. The van der Waals surface area contributed by atoms with Crippen LogP contribution in [0.5, 0.6) is 11.5 Å². The van der Waals surface area contributed by atoms with Gasteiger partial charge >= 0.3 is 0 Å². The summed E-state index contributed by atoms with van der Waals surface area (Å²) in [6.07, 6.45) is 2.45. The van der Waals surface area contributed by atoms with Crippen LogP contribution in [0.3, 0.4) is 0 Å². The molecule has 5 nitrogen and oxygen atoms in total. The third-order valence-electron chi connectivity index (χ3n) is 5.86. The van der Waals surface area contributed by atoms with Gasteiger partial charge in [-0.3, -0.25) is 9.59 Å². The van der Waals surface area contributed by atoms with Crippen molar-refractivity contribution in [3.05, 3.63) is 34.5 Å². The van der Waals surface area contributed by atoms with E-state index in [9.17, 15) is 9.59 Å². The largest absolute Gasteiger partial charge is 0.493 e. The fraction of sp³-hybridized carbons (Fsp3) is 0.524. The first-order valence-electron chi connectivity index (χ1n) is 9.15. The lowest BCUT2D eigenvalue weighted by atomic mass is 9.71. The lowest BCUT2D eigenvalue weighted by Gasteiger charge is -2.47. The van der Waals surface area contributed by atoms with Crippen molar-refractivity contribution in [2.24, 2.45) is 5.41 Å². The number of Topliss-reactive ketones (excluding diaryl/α,β-unsaturated/α-hetero) is 2. The summed E-state index contributed by atoms with van der Waals surface area (Å²) in [6, 6.07) is 4.00. The number of fused-ring (bicyclic) bond motifs is 4.